The number of hydrogen-bond donors (Lipinski definition) is 4. The molecule has 12 heteroatoms. The Kier molecular flexibility index (Phi) is 9.13. The molecule has 2 atom stereocenters. The van der Waals surface area contributed by atoms with Crippen LogP contribution < -0.4 is 14.8 Å². The molecule has 0 spiro atoms. The van der Waals surface area contributed by atoms with Gasteiger partial charge in [-0.25, -0.2) is 21.6 Å². The van der Waals surface area contributed by atoms with Crippen molar-refractivity contribution in [1.82, 2.24) is 14.3 Å². The van der Waals surface area contributed by atoms with Gasteiger partial charge in [0.2, 0.25) is 20.0 Å². The molecule has 0 aliphatic carbocycles. The summed E-state index contributed by atoms with van der Waals surface area (Å²) in [5, 5.41) is 23.6. The van der Waals surface area contributed by atoms with Crippen molar-refractivity contribution in [3.8, 4) is 11.5 Å². The highest BCUT2D eigenvalue weighted by atomic mass is 32.2. The zero-order chi connectivity index (χ0) is 25.6. The van der Waals surface area contributed by atoms with E-state index in [-0.39, 0.29) is 28.9 Å². The fourth-order valence-electron chi connectivity index (χ4n) is 3.76. The van der Waals surface area contributed by atoms with Crippen molar-refractivity contribution in [1.29, 1.82) is 0 Å². The molecule has 1 fully saturated rings. The zero-order valence-electron chi connectivity index (χ0n) is 19.8. The second-order valence-electron chi connectivity index (χ2n) is 8.38. The fraction of sp³-hybridized carbons (Fsp3) is 0.478. The van der Waals surface area contributed by atoms with Gasteiger partial charge in [0, 0.05) is 25.7 Å². The van der Waals surface area contributed by atoms with Crippen LogP contribution >= 0.6 is 0 Å². The molecule has 1 aliphatic heterocycles. The van der Waals surface area contributed by atoms with Crippen LogP contribution in [-0.2, 0) is 20.0 Å². The third-order valence-corrected chi connectivity index (χ3v) is 9.23. The van der Waals surface area contributed by atoms with Crippen LogP contribution in [0.5, 0.6) is 11.5 Å². The number of nitrogens with one attached hydrogen (secondary N) is 2. The Balaban J connectivity index is 1.58. The molecule has 10 nitrogen and oxygen atoms in total. The molecule has 2 aromatic carbocycles. The number of ether oxygens (including phenoxy) is 1. The molecular formula is C23H33N3O7S2. The highest BCUT2D eigenvalue weighted by molar-refractivity contribution is 7.89. The standard InChI is InChI=1S/C23H33N3O7S2/c1-3-4-13-33-19-6-8-20(9-7-19)35(31,32)26-12-11-18(16-26)25-15-22(28)17-5-10-21(27)23(14-17)34(29,30)24-2/h5-10,14,18,22,24-25,27-28H,3-4,11-13,15-16H2,1-2H3. The third-order valence-electron chi connectivity index (χ3n) is 5.91. The van der Waals surface area contributed by atoms with Gasteiger partial charge in [0.25, 0.3) is 0 Å². The molecule has 3 rings (SSSR count). The second-order valence-corrected chi connectivity index (χ2v) is 12.2. The van der Waals surface area contributed by atoms with Gasteiger partial charge >= 0.3 is 0 Å². The molecule has 0 saturated carbocycles. The number of phenolic OH excluding ortho intramolecular Hbond substituents is 1. The molecule has 1 saturated heterocycles. The first-order valence-corrected chi connectivity index (χ1v) is 14.4. The minimum atomic E-state index is -3.89. The SMILES string of the molecule is CCCCOc1ccc(S(=O)(=O)N2CCC(NCC(O)c3ccc(O)c(S(=O)(=O)NC)c3)C2)cc1. The molecule has 4 N–H and O–H groups in total. The number of hydrogen-bond acceptors (Lipinski definition) is 8. The van der Waals surface area contributed by atoms with Crippen molar-refractivity contribution in [2.75, 3.05) is 33.3 Å². The highest BCUT2D eigenvalue weighted by Gasteiger charge is 2.32. The van der Waals surface area contributed by atoms with E-state index >= 15 is 0 Å². The van der Waals surface area contributed by atoms with Gasteiger partial charge in [-0.15, -0.1) is 0 Å². The van der Waals surface area contributed by atoms with Crippen LogP contribution in [0.15, 0.2) is 52.3 Å². The Hall–Kier alpha value is -2.22. The topological polar surface area (TPSA) is 145 Å². The monoisotopic (exact) mass is 527 g/mol. The van der Waals surface area contributed by atoms with Crippen LogP contribution in [0.3, 0.4) is 0 Å². The summed E-state index contributed by atoms with van der Waals surface area (Å²) in [7, 11) is -6.32. The molecule has 1 aliphatic rings. The van der Waals surface area contributed by atoms with E-state index in [4.69, 9.17) is 4.74 Å². The van der Waals surface area contributed by atoms with Crippen molar-refractivity contribution in [3.05, 3.63) is 48.0 Å². The van der Waals surface area contributed by atoms with E-state index in [1.54, 1.807) is 24.3 Å². The second kappa shape index (κ2) is 11.7. The lowest BCUT2D eigenvalue weighted by Crippen LogP contribution is -2.37. The predicted molar refractivity (Wildman–Crippen MR) is 131 cm³/mol. The smallest absolute Gasteiger partial charge is 0.243 e. The van der Waals surface area contributed by atoms with Gasteiger partial charge in [0.1, 0.15) is 16.4 Å². The fourth-order valence-corrected chi connectivity index (χ4v) is 6.12. The summed E-state index contributed by atoms with van der Waals surface area (Å²) in [6.45, 7) is 3.34. The number of aromatic hydroxyl groups is 1. The lowest BCUT2D eigenvalue weighted by atomic mass is 10.1. The van der Waals surface area contributed by atoms with E-state index in [2.05, 4.69) is 17.0 Å². The van der Waals surface area contributed by atoms with E-state index in [0.717, 1.165) is 12.8 Å². The van der Waals surface area contributed by atoms with Gasteiger partial charge in [-0.2, -0.15) is 4.31 Å². The van der Waals surface area contributed by atoms with Gasteiger partial charge in [-0.1, -0.05) is 19.4 Å². The maximum absolute atomic E-state index is 13.0. The Labute approximate surface area is 207 Å². The summed E-state index contributed by atoms with van der Waals surface area (Å²) in [5.41, 5.74) is 0.313. The molecule has 194 valence electrons. The normalized spacial score (nSPS) is 18.0. The maximum Gasteiger partial charge on any atom is 0.243 e. The molecule has 1 heterocycles. The van der Waals surface area contributed by atoms with Crippen LogP contribution in [-0.4, -0.2) is 70.7 Å². The van der Waals surface area contributed by atoms with Crippen LogP contribution in [0.25, 0.3) is 0 Å². The van der Waals surface area contributed by atoms with Crippen LogP contribution in [0.1, 0.15) is 37.9 Å². The van der Waals surface area contributed by atoms with E-state index in [9.17, 15) is 27.0 Å². The predicted octanol–water partition coefficient (Wildman–Crippen LogP) is 1.57. The Morgan fingerprint density at radius 1 is 1.14 bits per heavy atom. The number of rotatable bonds is 12. The van der Waals surface area contributed by atoms with E-state index in [0.29, 0.717) is 30.9 Å². The molecule has 2 aromatic rings. The molecule has 0 radical (unpaired) electrons. The minimum absolute atomic E-state index is 0.0895. The average Bonchev–Trinajstić information content (AvgIpc) is 3.33. The number of unbranched alkanes of at least 4 members (excludes halogenated alkanes) is 1. The highest BCUT2D eigenvalue weighted by Crippen LogP contribution is 2.27. The Morgan fingerprint density at radius 3 is 2.51 bits per heavy atom. The van der Waals surface area contributed by atoms with Crippen LogP contribution in [0, 0.1) is 0 Å². The van der Waals surface area contributed by atoms with Gasteiger partial charge in [0.15, 0.2) is 0 Å². The molecule has 2 unspecified atom stereocenters. The van der Waals surface area contributed by atoms with Gasteiger partial charge in [-0.3, -0.25) is 0 Å². The van der Waals surface area contributed by atoms with Gasteiger partial charge in [0.05, 0.1) is 17.6 Å². The first kappa shape index (κ1) is 27.4. The molecule has 0 aromatic heterocycles. The number of aliphatic hydroxyl groups excluding tert-OH is 1. The van der Waals surface area contributed by atoms with Crippen molar-refractivity contribution in [3.63, 3.8) is 0 Å². The van der Waals surface area contributed by atoms with E-state index in [1.165, 1.54) is 29.6 Å². The third kappa shape index (κ3) is 6.72. The Morgan fingerprint density at radius 2 is 1.86 bits per heavy atom. The summed E-state index contributed by atoms with van der Waals surface area (Å²) >= 11 is 0. The lowest BCUT2D eigenvalue weighted by Gasteiger charge is -2.19. The largest absolute Gasteiger partial charge is 0.507 e. The summed E-state index contributed by atoms with van der Waals surface area (Å²) in [5.74, 6) is 0.215. The number of benzene rings is 2. The molecule has 0 amide bonds. The van der Waals surface area contributed by atoms with Gasteiger partial charge < -0.3 is 20.3 Å². The quantitative estimate of drug-likeness (QED) is 0.304. The van der Waals surface area contributed by atoms with Crippen LogP contribution in [0.4, 0.5) is 0 Å². The van der Waals surface area contributed by atoms with E-state index < -0.39 is 31.9 Å². The summed E-state index contributed by atoms with van der Waals surface area (Å²) in [4.78, 5) is -0.125. The maximum atomic E-state index is 13.0. The first-order chi connectivity index (χ1) is 16.6. The summed E-state index contributed by atoms with van der Waals surface area (Å²) in [6, 6.07) is 10.1. The van der Waals surface area contributed by atoms with Crippen LogP contribution in [0.2, 0.25) is 0 Å². The molecule has 35 heavy (non-hydrogen) atoms. The van der Waals surface area contributed by atoms with Gasteiger partial charge in [-0.05, 0) is 61.9 Å². The average molecular weight is 528 g/mol. The minimum Gasteiger partial charge on any atom is -0.507 e. The lowest BCUT2D eigenvalue weighted by molar-refractivity contribution is 0.170. The molecule has 0 bridgehead atoms. The number of nitrogens with zero attached hydrogens (tertiary/aromatic N) is 1. The number of aliphatic hydroxyl groups is 1. The summed E-state index contributed by atoms with van der Waals surface area (Å²) < 4.78 is 59.3. The van der Waals surface area contributed by atoms with Crippen molar-refractivity contribution < 1.29 is 31.8 Å². The number of phenols is 1. The number of sulfonamides is 2. The first-order valence-electron chi connectivity index (χ1n) is 11.5. The zero-order valence-corrected chi connectivity index (χ0v) is 21.5. The van der Waals surface area contributed by atoms with Crippen molar-refractivity contribution in [2.24, 2.45) is 0 Å². The van der Waals surface area contributed by atoms with Crippen molar-refractivity contribution >= 4 is 20.0 Å². The Bertz CT molecular complexity index is 1200. The summed E-state index contributed by atoms with van der Waals surface area (Å²) in [6.07, 6.45) is 1.47. The van der Waals surface area contributed by atoms with Crippen molar-refractivity contribution in [2.45, 2.75) is 48.1 Å². The van der Waals surface area contributed by atoms with E-state index in [1.807, 2.05) is 0 Å². The molecular weight excluding hydrogens is 494 g/mol.